The van der Waals surface area contributed by atoms with E-state index >= 15 is 0 Å². The largest absolute Gasteiger partial charge is 0.481 e. The zero-order valence-electron chi connectivity index (χ0n) is 22.2. The molecule has 8 nitrogen and oxygen atoms in total. The van der Waals surface area contributed by atoms with Crippen molar-refractivity contribution < 1.29 is 45.8 Å². The van der Waals surface area contributed by atoms with E-state index in [0.717, 1.165) is 12.4 Å². The average Bonchev–Trinajstić information content (AvgIpc) is 3.30. The molecule has 2 aromatic heterocycles. The van der Waals surface area contributed by atoms with Crippen molar-refractivity contribution in [2.24, 2.45) is 10.8 Å². The minimum atomic E-state index is -5.15. The van der Waals surface area contributed by atoms with Gasteiger partial charge in [-0.3, -0.25) is 24.0 Å². The summed E-state index contributed by atoms with van der Waals surface area (Å²) in [5.41, 5.74) is -6.39. The summed E-state index contributed by atoms with van der Waals surface area (Å²) in [5.74, 6) is -3.54. The predicted molar refractivity (Wildman–Crippen MR) is 137 cm³/mol. The molecule has 230 valence electrons. The fourth-order valence-corrected chi connectivity index (χ4v) is 6.15. The van der Waals surface area contributed by atoms with Crippen LogP contribution in [-0.4, -0.2) is 61.7 Å². The van der Waals surface area contributed by atoms with Crippen molar-refractivity contribution >= 4 is 40.9 Å². The molecule has 16 heteroatoms. The van der Waals surface area contributed by atoms with E-state index in [1.807, 2.05) is 0 Å². The molecule has 2 fully saturated rings. The van der Waals surface area contributed by atoms with E-state index < -0.39 is 71.2 Å². The molecule has 0 bridgehead atoms. The van der Waals surface area contributed by atoms with E-state index in [1.165, 1.54) is 6.92 Å². The number of carbonyl (C=O) groups is 3. The Kier molecular flexibility index (Phi) is 8.64. The molecule has 2 aromatic rings. The number of aliphatic carboxylic acids is 1. The number of carbonyl (C=O) groups excluding carboxylic acids is 2. The number of rotatable bonds is 8. The summed E-state index contributed by atoms with van der Waals surface area (Å²) in [6.45, 7) is -0.616. The van der Waals surface area contributed by atoms with Gasteiger partial charge >= 0.3 is 18.3 Å². The number of carboxylic acid groups (broad SMARTS) is 1. The molecule has 0 spiro atoms. The molecule has 2 aliphatic rings. The lowest BCUT2D eigenvalue weighted by Gasteiger charge is -2.45. The Morgan fingerprint density at radius 2 is 1.60 bits per heavy atom. The standard InChI is InChI=1S/C26H26Cl2F6N4O4/c1-23(22(41)42)7-3-14(4-8-23)38-20(25(29,30)31)15(9-36-38)21(40)37(13-24(5-2-6-24)26(32,33)34)12-18(39)19-16(27)10-35-11-17(19)28/h9-11,14H,2-8,12-13H2,1H3,(H,41,42). The van der Waals surface area contributed by atoms with E-state index in [9.17, 15) is 45.8 Å². The van der Waals surface area contributed by atoms with E-state index in [2.05, 4.69) is 10.1 Å². The van der Waals surface area contributed by atoms with E-state index in [1.54, 1.807) is 0 Å². The van der Waals surface area contributed by atoms with Gasteiger partial charge in [-0.25, -0.2) is 0 Å². The van der Waals surface area contributed by atoms with Gasteiger partial charge in [0, 0.05) is 18.9 Å². The molecule has 1 amide bonds. The van der Waals surface area contributed by atoms with Crippen molar-refractivity contribution in [1.82, 2.24) is 19.7 Å². The number of halogens is 8. The lowest BCUT2D eigenvalue weighted by molar-refractivity contribution is -0.253. The molecule has 2 heterocycles. The molecule has 1 N–H and O–H groups in total. The van der Waals surface area contributed by atoms with Crippen LogP contribution in [-0.2, 0) is 11.0 Å². The van der Waals surface area contributed by atoms with Crippen LogP contribution in [0.1, 0.15) is 84.3 Å². The highest BCUT2D eigenvalue weighted by molar-refractivity contribution is 6.39. The molecule has 0 aliphatic heterocycles. The first-order valence-corrected chi connectivity index (χ1v) is 13.7. The summed E-state index contributed by atoms with van der Waals surface area (Å²) < 4.78 is 86.1. The summed E-state index contributed by atoms with van der Waals surface area (Å²) in [6, 6.07) is -0.909. The van der Waals surface area contributed by atoms with Crippen molar-refractivity contribution in [3.05, 3.63) is 45.5 Å². The van der Waals surface area contributed by atoms with Gasteiger partial charge in [-0.05, 0) is 45.4 Å². The van der Waals surface area contributed by atoms with E-state index in [0.29, 0.717) is 15.8 Å². The van der Waals surface area contributed by atoms with Crippen LogP contribution in [0.15, 0.2) is 18.6 Å². The van der Waals surface area contributed by atoms with Gasteiger partial charge in [-0.1, -0.05) is 29.6 Å². The summed E-state index contributed by atoms with van der Waals surface area (Å²) in [4.78, 5) is 42.6. The first-order valence-electron chi connectivity index (χ1n) is 13.0. The number of amides is 1. The van der Waals surface area contributed by atoms with Crippen molar-refractivity contribution in [3.8, 4) is 0 Å². The first-order chi connectivity index (χ1) is 19.4. The number of Topliss-reactive ketones (excluding diaryl/α,β-unsaturated/α-hetero) is 1. The number of hydrogen-bond acceptors (Lipinski definition) is 5. The zero-order valence-corrected chi connectivity index (χ0v) is 23.7. The van der Waals surface area contributed by atoms with Crippen LogP contribution in [0.25, 0.3) is 0 Å². The molecule has 0 saturated heterocycles. The fourth-order valence-electron chi connectivity index (χ4n) is 5.58. The van der Waals surface area contributed by atoms with Gasteiger partial charge in [-0.15, -0.1) is 0 Å². The molecule has 0 radical (unpaired) electrons. The van der Waals surface area contributed by atoms with Gasteiger partial charge in [0.1, 0.15) is 0 Å². The van der Waals surface area contributed by atoms with Gasteiger partial charge in [0.05, 0.1) is 50.8 Å². The fraction of sp³-hybridized carbons (Fsp3) is 0.577. The smallest absolute Gasteiger partial charge is 0.433 e. The second-order valence-corrected chi connectivity index (χ2v) is 12.0. The maximum Gasteiger partial charge on any atom is 0.433 e. The number of aromatic nitrogens is 3. The molecule has 0 aromatic carbocycles. The Balaban J connectivity index is 1.73. The highest BCUT2D eigenvalue weighted by Crippen LogP contribution is 2.53. The van der Waals surface area contributed by atoms with Crippen LogP contribution in [0.5, 0.6) is 0 Å². The topological polar surface area (TPSA) is 105 Å². The van der Waals surface area contributed by atoms with Crippen LogP contribution in [0.4, 0.5) is 26.3 Å². The molecule has 2 saturated carbocycles. The number of alkyl halides is 6. The monoisotopic (exact) mass is 642 g/mol. The first kappa shape index (κ1) is 32.1. The maximum atomic E-state index is 14.4. The Morgan fingerprint density at radius 1 is 1.02 bits per heavy atom. The molecular formula is C26H26Cl2F6N4O4. The number of nitrogens with zero attached hydrogens (tertiary/aromatic N) is 4. The highest BCUT2D eigenvalue weighted by Gasteiger charge is 2.59. The Hall–Kier alpha value is -2.87. The molecular weight excluding hydrogens is 617 g/mol. The third kappa shape index (κ3) is 5.97. The summed E-state index contributed by atoms with van der Waals surface area (Å²) in [5, 5.41) is 12.8. The lowest BCUT2D eigenvalue weighted by atomic mass is 9.67. The summed E-state index contributed by atoms with van der Waals surface area (Å²) in [7, 11) is 0. The molecule has 4 rings (SSSR count). The SMILES string of the molecule is CC1(C(=O)O)CCC(n2ncc(C(=O)N(CC(=O)c3c(Cl)cncc3Cl)CC3(C(F)(F)F)CCC3)c2C(F)(F)F)CC1. The number of pyridine rings is 1. The lowest BCUT2D eigenvalue weighted by Crippen LogP contribution is -2.54. The Morgan fingerprint density at radius 3 is 2.05 bits per heavy atom. The van der Waals surface area contributed by atoms with Gasteiger partial charge in [0.15, 0.2) is 11.5 Å². The van der Waals surface area contributed by atoms with E-state index in [-0.39, 0.29) is 60.6 Å². The van der Waals surface area contributed by atoms with Crippen molar-refractivity contribution in [2.75, 3.05) is 13.1 Å². The van der Waals surface area contributed by atoms with Crippen LogP contribution < -0.4 is 0 Å². The average molecular weight is 643 g/mol. The molecule has 42 heavy (non-hydrogen) atoms. The number of ketones is 1. The third-order valence-corrected chi connectivity index (χ3v) is 8.95. The molecule has 0 atom stereocenters. The highest BCUT2D eigenvalue weighted by atomic mass is 35.5. The van der Waals surface area contributed by atoms with Crippen molar-refractivity contribution in [2.45, 2.75) is 70.3 Å². The van der Waals surface area contributed by atoms with Crippen LogP contribution in [0.2, 0.25) is 10.0 Å². The second kappa shape index (κ2) is 11.3. The predicted octanol–water partition coefficient (Wildman–Crippen LogP) is 6.87. The minimum Gasteiger partial charge on any atom is -0.481 e. The Labute approximate surface area is 246 Å². The van der Waals surface area contributed by atoms with Gasteiger partial charge < -0.3 is 10.0 Å². The normalized spacial score (nSPS) is 22.4. The minimum absolute atomic E-state index is 0.0135. The zero-order chi connectivity index (χ0) is 31.3. The summed E-state index contributed by atoms with van der Waals surface area (Å²) >= 11 is 12.0. The molecule has 0 unspecified atom stereocenters. The third-order valence-electron chi connectivity index (χ3n) is 8.37. The van der Waals surface area contributed by atoms with Gasteiger partial charge in [-0.2, -0.15) is 31.4 Å². The van der Waals surface area contributed by atoms with Crippen molar-refractivity contribution in [1.29, 1.82) is 0 Å². The Bertz CT molecular complexity index is 1360. The maximum absolute atomic E-state index is 14.4. The summed E-state index contributed by atoms with van der Waals surface area (Å²) in [6.07, 6.45) is -7.65. The molecule has 2 aliphatic carbocycles. The number of carboxylic acids is 1. The quantitative estimate of drug-likeness (QED) is 0.249. The number of hydrogen-bond donors (Lipinski definition) is 1. The van der Waals surface area contributed by atoms with Crippen LogP contribution in [0.3, 0.4) is 0 Å². The van der Waals surface area contributed by atoms with Gasteiger partial charge in [0.25, 0.3) is 5.91 Å². The van der Waals surface area contributed by atoms with Crippen LogP contribution >= 0.6 is 23.2 Å². The van der Waals surface area contributed by atoms with E-state index in [4.69, 9.17) is 23.2 Å². The van der Waals surface area contributed by atoms with Gasteiger partial charge in [0.2, 0.25) is 0 Å². The second-order valence-electron chi connectivity index (χ2n) is 11.1. The van der Waals surface area contributed by atoms with Crippen molar-refractivity contribution in [3.63, 3.8) is 0 Å². The van der Waals surface area contributed by atoms with Crippen LogP contribution in [0, 0.1) is 10.8 Å².